The smallest absolute Gasteiger partial charge is 0.338 e. The molecule has 1 saturated heterocycles. The van der Waals surface area contributed by atoms with Gasteiger partial charge in [0.25, 0.3) is 0 Å². The van der Waals surface area contributed by atoms with E-state index >= 15 is 0 Å². The van der Waals surface area contributed by atoms with Crippen molar-refractivity contribution in [3.05, 3.63) is 82.9 Å². The fourth-order valence-corrected chi connectivity index (χ4v) is 5.96. The van der Waals surface area contributed by atoms with Crippen molar-refractivity contribution in [1.29, 1.82) is 0 Å². The second kappa shape index (κ2) is 14.3. The molecule has 194 valence electrons. The number of rotatable bonds is 15. The Morgan fingerprint density at radius 2 is 2.00 bits per heavy atom. The molecule has 1 aliphatic heterocycles. The number of esters is 1. The van der Waals surface area contributed by atoms with E-state index in [1.54, 1.807) is 29.2 Å². The molecule has 0 spiro atoms. The summed E-state index contributed by atoms with van der Waals surface area (Å²) in [5.74, 6) is 0.0755. The van der Waals surface area contributed by atoms with Crippen LogP contribution in [0.4, 0.5) is 0 Å². The second-order valence-corrected chi connectivity index (χ2v) is 10.8. The van der Waals surface area contributed by atoms with Crippen LogP contribution >= 0.6 is 11.6 Å². The number of carbonyl (C=O) groups is 2. The van der Waals surface area contributed by atoms with Crippen molar-refractivity contribution in [3.63, 3.8) is 0 Å². The molecule has 0 N–H and O–H groups in total. The molecule has 0 aromatic heterocycles. The van der Waals surface area contributed by atoms with Crippen molar-refractivity contribution in [3.8, 4) is 0 Å². The number of β-lactam (4-membered cyclic amide) rings is 1. The minimum atomic E-state index is -1.25. The zero-order chi connectivity index (χ0) is 25.9. The predicted octanol–water partition coefficient (Wildman–Crippen LogP) is 5.48. The standard InChI is InChI=1S/C28H34ClNO5S/c1-3-5-8-23(24-9-6-7-10-25(24)29)19-34-17-15-30-26(31)18-27(30)36(33)20-21-11-13-22(14-12-21)28(32)35-16-4-2/h4,6-7,9-14,23,27H,2-3,5,8,15-20H2,1H3/t23-,27-,36-/m0/s1. The summed E-state index contributed by atoms with van der Waals surface area (Å²) in [5, 5.41) is 0.426. The van der Waals surface area contributed by atoms with Crippen LogP contribution in [0.1, 0.15) is 60.0 Å². The quantitative estimate of drug-likeness (QED) is 0.132. The minimum absolute atomic E-state index is 0.00843. The van der Waals surface area contributed by atoms with Crippen molar-refractivity contribution >= 4 is 34.3 Å². The van der Waals surface area contributed by atoms with Gasteiger partial charge in [0.15, 0.2) is 0 Å². The topological polar surface area (TPSA) is 72.9 Å². The number of halogens is 1. The van der Waals surface area contributed by atoms with E-state index in [0.717, 1.165) is 35.4 Å². The maximum absolute atomic E-state index is 13.0. The van der Waals surface area contributed by atoms with E-state index in [4.69, 9.17) is 21.1 Å². The number of hydrogen-bond acceptors (Lipinski definition) is 5. The molecule has 0 unspecified atom stereocenters. The van der Waals surface area contributed by atoms with Crippen LogP contribution in [0.25, 0.3) is 0 Å². The van der Waals surface area contributed by atoms with E-state index in [1.165, 1.54) is 6.08 Å². The van der Waals surface area contributed by atoms with Gasteiger partial charge in [0.05, 0.1) is 31.0 Å². The molecule has 6 nitrogen and oxygen atoms in total. The molecule has 0 saturated carbocycles. The van der Waals surface area contributed by atoms with E-state index < -0.39 is 16.8 Å². The third-order valence-electron chi connectivity index (χ3n) is 6.20. The van der Waals surface area contributed by atoms with Crippen LogP contribution in [-0.2, 0) is 30.8 Å². The zero-order valence-corrected chi connectivity index (χ0v) is 22.3. The highest BCUT2D eigenvalue weighted by Gasteiger charge is 2.39. The van der Waals surface area contributed by atoms with Crippen LogP contribution < -0.4 is 0 Å². The highest BCUT2D eigenvalue weighted by Crippen LogP contribution is 2.29. The van der Waals surface area contributed by atoms with Crippen LogP contribution in [0, 0.1) is 0 Å². The molecule has 8 heteroatoms. The average Bonchev–Trinajstić information content (AvgIpc) is 2.88. The maximum Gasteiger partial charge on any atom is 0.338 e. The predicted molar refractivity (Wildman–Crippen MR) is 143 cm³/mol. The number of ether oxygens (including phenoxy) is 2. The Morgan fingerprint density at radius 1 is 1.25 bits per heavy atom. The Hall–Kier alpha value is -2.48. The van der Waals surface area contributed by atoms with Gasteiger partial charge in [-0.15, -0.1) is 0 Å². The van der Waals surface area contributed by atoms with Gasteiger partial charge in [0.1, 0.15) is 12.0 Å². The van der Waals surface area contributed by atoms with E-state index in [0.29, 0.717) is 31.1 Å². The van der Waals surface area contributed by atoms with Crippen molar-refractivity contribution in [2.45, 2.75) is 49.7 Å². The summed E-state index contributed by atoms with van der Waals surface area (Å²) in [6, 6.07) is 14.7. The monoisotopic (exact) mass is 531 g/mol. The summed E-state index contributed by atoms with van der Waals surface area (Å²) in [6.07, 6.45) is 4.95. The van der Waals surface area contributed by atoms with E-state index in [-0.39, 0.29) is 30.2 Å². The number of hydrogen-bond donors (Lipinski definition) is 0. The number of likely N-dealkylation sites (tertiary alicyclic amines) is 1. The second-order valence-electron chi connectivity index (χ2n) is 8.79. The summed E-state index contributed by atoms with van der Waals surface area (Å²) < 4.78 is 23.9. The molecule has 1 amide bonds. The molecule has 0 bridgehead atoms. The molecular formula is C28H34ClNO5S. The van der Waals surface area contributed by atoms with Gasteiger partial charge in [-0.1, -0.05) is 74.4 Å². The lowest BCUT2D eigenvalue weighted by Gasteiger charge is -2.39. The molecule has 2 aromatic carbocycles. The fourth-order valence-electron chi connectivity index (χ4n) is 4.12. The number of unbranched alkanes of at least 4 members (excludes halogenated alkanes) is 1. The summed E-state index contributed by atoms with van der Waals surface area (Å²) in [5.41, 5.74) is 2.35. The van der Waals surface area contributed by atoms with Gasteiger partial charge in [-0.05, 0) is 35.7 Å². The van der Waals surface area contributed by atoms with Gasteiger partial charge in [-0.3, -0.25) is 9.00 Å². The Labute approximate surface area is 221 Å². The molecule has 0 aliphatic carbocycles. The highest BCUT2D eigenvalue weighted by atomic mass is 35.5. The minimum Gasteiger partial charge on any atom is -0.458 e. The van der Waals surface area contributed by atoms with Gasteiger partial charge in [-0.2, -0.15) is 0 Å². The van der Waals surface area contributed by atoms with Gasteiger partial charge < -0.3 is 14.4 Å². The Bertz CT molecular complexity index is 1060. The van der Waals surface area contributed by atoms with Crippen LogP contribution in [-0.4, -0.2) is 52.7 Å². The van der Waals surface area contributed by atoms with Gasteiger partial charge in [0, 0.05) is 28.3 Å². The van der Waals surface area contributed by atoms with Crippen LogP contribution in [0.5, 0.6) is 0 Å². The van der Waals surface area contributed by atoms with Crippen molar-refractivity contribution < 1.29 is 23.3 Å². The third-order valence-corrected chi connectivity index (χ3v) is 8.19. The van der Waals surface area contributed by atoms with Crippen LogP contribution in [0.3, 0.4) is 0 Å². The first-order chi connectivity index (χ1) is 17.4. The molecule has 2 aromatic rings. The number of nitrogens with zero attached hydrogens (tertiary/aromatic N) is 1. The van der Waals surface area contributed by atoms with Crippen molar-refractivity contribution in [1.82, 2.24) is 4.90 Å². The highest BCUT2D eigenvalue weighted by molar-refractivity contribution is 7.85. The Kier molecular flexibility index (Phi) is 11.2. The zero-order valence-electron chi connectivity index (χ0n) is 20.7. The first-order valence-corrected chi connectivity index (χ1v) is 14.1. The molecule has 36 heavy (non-hydrogen) atoms. The van der Waals surface area contributed by atoms with Crippen LogP contribution in [0.2, 0.25) is 5.02 Å². The number of amides is 1. The SMILES string of the molecule is C=CCOC(=O)c1ccc(C[S@](=O)[C@H]2CC(=O)N2CCOC[C@H](CCCC)c2ccccc2Cl)cc1. The molecule has 3 rings (SSSR count). The summed E-state index contributed by atoms with van der Waals surface area (Å²) in [4.78, 5) is 25.7. The van der Waals surface area contributed by atoms with Crippen molar-refractivity contribution in [2.75, 3.05) is 26.4 Å². The Balaban J connectivity index is 1.48. The molecule has 0 radical (unpaired) electrons. The van der Waals surface area contributed by atoms with Crippen molar-refractivity contribution in [2.24, 2.45) is 0 Å². The lowest BCUT2D eigenvalue weighted by Crippen LogP contribution is -2.55. The summed E-state index contributed by atoms with van der Waals surface area (Å²) >= 11 is 6.41. The first kappa shape index (κ1) is 28.1. The summed E-state index contributed by atoms with van der Waals surface area (Å²) in [6.45, 7) is 7.15. The lowest BCUT2D eigenvalue weighted by atomic mass is 9.94. The molecule has 1 fully saturated rings. The fraction of sp³-hybridized carbons (Fsp3) is 0.429. The molecule has 3 atom stereocenters. The van der Waals surface area contributed by atoms with Gasteiger partial charge in [-0.25, -0.2) is 4.79 Å². The number of benzene rings is 2. The maximum atomic E-state index is 13.0. The van der Waals surface area contributed by atoms with Gasteiger partial charge in [0.2, 0.25) is 5.91 Å². The molecule has 1 aliphatic rings. The number of carbonyl (C=O) groups excluding carboxylic acids is 2. The largest absolute Gasteiger partial charge is 0.458 e. The lowest BCUT2D eigenvalue weighted by molar-refractivity contribution is -0.142. The normalized spacial score (nSPS) is 16.8. The van der Waals surface area contributed by atoms with Crippen LogP contribution in [0.15, 0.2) is 61.2 Å². The Morgan fingerprint density at radius 3 is 2.67 bits per heavy atom. The molecule has 1 heterocycles. The first-order valence-electron chi connectivity index (χ1n) is 12.3. The summed E-state index contributed by atoms with van der Waals surface area (Å²) in [7, 11) is -1.25. The van der Waals surface area contributed by atoms with E-state index in [9.17, 15) is 13.8 Å². The van der Waals surface area contributed by atoms with E-state index in [1.807, 2.05) is 24.3 Å². The third kappa shape index (κ3) is 7.76. The molecular weight excluding hydrogens is 498 g/mol. The van der Waals surface area contributed by atoms with E-state index in [2.05, 4.69) is 13.5 Å². The average molecular weight is 532 g/mol. The van der Waals surface area contributed by atoms with Gasteiger partial charge >= 0.3 is 5.97 Å².